The van der Waals surface area contributed by atoms with Crippen LogP contribution in [0, 0.1) is 0 Å². The van der Waals surface area contributed by atoms with Gasteiger partial charge in [0.1, 0.15) is 6.10 Å². The lowest BCUT2D eigenvalue weighted by Crippen LogP contribution is -2.55. The highest BCUT2D eigenvalue weighted by atomic mass is 127. The van der Waals surface area contributed by atoms with E-state index < -0.39 is 0 Å². The first kappa shape index (κ1) is 27.5. The maximum Gasteiger partial charge on any atom is 0.236 e. The summed E-state index contributed by atoms with van der Waals surface area (Å²) in [5.41, 5.74) is 0. The second-order valence-electron chi connectivity index (χ2n) is 8.03. The van der Waals surface area contributed by atoms with Crippen LogP contribution in [0.2, 0.25) is 0 Å². The topological polar surface area (TPSA) is 78.9 Å². The Balaban J connectivity index is 0.00000385. The third-order valence-electron chi connectivity index (χ3n) is 5.62. The van der Waals surface area contributed by atoms with Crippen molar-refractivity contribution < 1.29 is 19.0 Å². The molecule has 1 atom stereocenters. The van der Waals surface area contributed by atoms with Crippen molar-refractivity contribution in [3.8, 4) is 11.5 Å². The summed E-state index contributed by atoms with van der Waals surface area (Å²) >= 11 is 0. The first-order valence-electron chi connectivity index (χ1n) is 11.5. The van der Waals surface area contributed by atoms with Gasteiger partial charge in [0.25, 0.3) is 0 Å². The maximum absolute atomic E-state index is 12.5. The van der Waals surface area contributed by atoms with Crippen molar-refractivity contribution in [2.24, 2.45) is 4.99 Å². The molecule has 2 aliphatic rings. The van der Waals surface area contributed by atoms with Gasteiger partial charge in [-0.3, -0.25) is 9.69 Å². The lowest BCUT2D eigenvalue weighted by Gasteiger charge is -2.37. The van der Waals surface area contributed by atoms with E-state index in [1.807, 2.05) is 36.1 Å². The van der Waals surface area contributed by atoms with Crippen LogP contribution in [-0.4, -0.2) is 112 Å². The van der Waals surface area contributed by atoms with E-state index in [4.69, 9.17) is 19.2 Å². The van der Waals surface area contributed by atoms with E-state index in [9.17, 15) is 4.79 Å². The number of halogens is 1. The molecule has 0 aliphatic carbocycles. The minimum absolute atomic E-state index is 0. The molecule has 0 bridgehead atoms. The average Bonchev–Trinajstić information content (AvgIpc) is 2.83. The van der Waals surface area contributed by atoms with Gasteiger partial charge in [0.2, 0.25) is 5.91 Å². The lowest BCUT2D eigenvalue weighted by molar-refractivity contribution is -0.136. The number of hydrogen-bond donors (Lipinski definition) is 1. The number of carbonyl (C=O) groups excluding carboxylic acids is 1. The van der Waals surface area contributed by atoms with Gasteiger partial charge in [-0.15, -0.1) is 24.0 Å². The number of carbonyl (C=O) groups is 1. The van der Waals surface area contributed by atoms with E-state index in [2.05, 4.69) is 22.0 Å². The normalized spacial score (nSPS) is 18.3. The summed E-state index contributed by atoms with van der Waals surface area (Å²) in [6.07, 6.45) is -0.0904. The number of guanidine groups is 1. The number of nitrogens with zero attached hydrogens (tertiary/aromatic N) is 4. The van der Waals surface area contributed by atoms with E-state index in [0.29, 0.717) is 39.4 Å². The Morgan fingerprint density at radius 3 is 2.39 bits per heavy atom. The number of hydrogen-bond acceptors (Lipinski definition) is 6. The van der Waals surface area contributed by atoms with E-state index >= 15 is 0 Å². The summed E-state index contributed by atoms with van der Waals surface area (Å²) in [5, 5.41) is 3.39. The molecule has 186 valence electrons. The van der Waals surface area contributed by atoms with Crippen LogP contribution in [0.1, 0.15) is 13.8 Å². The number of benzene rings is 1. The second kappa shape index (κ2) is 14.5. The van der Waals surface area contributed by atoms with Gasteiger partial charge < -0.3 is 29.3 Å². The number of nitrogens with one attached hydrogen (secondary N) is 1. The van der Waals surface area contributed by atoms with Crippen molar-refractivity contribution in [1.29, 1.82) is 0 Å². The summed E-state index contributed by atoms with van der Waals surface area (Å²) in [6.45, 7) is 11.9. The number of piperazine rings is 1. The van der Waals surface area contributed by atoms with E-state index in [1.165, 1.54) is 0 Å². The molecule has 0 saturated carbocycles. The number of morpholine rings is 1. The maximum atomic E-state index is 12.5. The first-order chi connectivity index (χ1) is 15.6. The van der Waals surface area contributed by atoms with Crippen LogP contribution in [0.15, 0.2) is 29.3 Å². The molecule has 2 saturated heterocycles. The van der Waals surface area contributed by atoms with Crippen molar-refractivity contribution in [2.45, 2.75) is 20.0 Å². The van der Waals surface area contributed by atoms with Crippen molar-refractivity contribution >= 4 is 35.8 Å². The van der Waals surface area contributed by atoms with Gasteiger partial charge >= 0.3 is 0 Å². The van der Waals surface area contributed by atoms with Gasteiger partial charge in [0.15, 0.2) is 17.5 Å². The fourth-order valence-corrected chi connectivity index (χ4v) is 3.83. The van der Waals surface area contributed by atoms with Crippen LogP contribution in [0.5, 0.6) is 11.5 Å². The van der Waals surface area contributed by atoms with Crippen molar-refractivity contribution in [2.75, 3.05) is 79.2 Å². The van der Waals surface area contributed by atoms with Gasteiger partial charge in [0, 0.05) is 45.8 Å². The molecule has 10 heteroatoms. The number of para-hydroxylation sites is 2. The van der Waals surface area contributed by atoms with Gasteiger partial charge in [0.05, 0.1) is 33.4 Å². The van der Waals surface area contributed by atoms with Crippen LogP contribution < -0.4 is 14.8 Å². The third-order valence-corrected chi connectivity index (χ3v) is 5.62. The summed E-state index contributed by atoms with van der Waals surface area (Å²) in [5.74, 6) is 2.53. The molecule has 1 N–H and O–H groups in total. The molecule has 2 heterocycles. The Labute approximate surface area is 214 Å². The zero-order valence-electron chi connectivity index (χ0n) is 20.0. The molecule has 33 heavy (non-hydrogen) atoms. The monoisotopic (exact) mass is 575 g/mol. The average molecular weight is 575 g/mol. The Morgan fingerprint density at radius 1 is 1.09 bits per heavy atom. The van der Waals surface area contributed by atoms with E-state index in [-0.39, 0.29) is 36.0 Å². The Hall–Kier alpha value is -1.79. The van der Waals surface area contributed by atoms with Gasteiger partial charge in [-0.05, 0) is 26.0 Å². The predicted octanol–water partition coefficient (Wildman–Crippen LogP) is 1.52. The Kier molecular flexibility index (Phi) is 12.0. The molecule has 1 unspecified atom stereocenters. The summed E-state index contributed by atoms with van der Waals surface area (Å²) in [4.78, 5) is 23.7. The summed E-state index contributed by atoms with van der Waals surface area (Å²) in [6, 6.07) is 7.65. The molecule has 9 nitrogen and oxygen atoms in total. The highest BCUT2D eigenvalue weighted by molar-refractivity contribution is 14.0. The third kappa shape index (κ3) is 8.49. The van der Waals surface area contributed by atoms with Crippen molar-refractivity contribution in [3.63, 3.8) is 0 Å². The number of amides is 1. The molecule has 0 aromatic heterocycles. The summed E-state index contributed by atoms with van der Waals surface area (Å²) < 4.78 is 16.7. The lowest BCUT2D eigenvalue weighted by atomic mass is 10.3. The number of ether oxygens (including phenoxy) is 3. The second-order valence-corrected chi connectivity index (χ2v) is 8.03. The number of rotatable bonds is 8. The van der Waals surface area contributed by atoms with Crippen LogP contribution in [0.25, 0.3) is 0 Å². The number of aliphatic imine (C=N–C) groups is 1. The molecule has 2 fully saturated rings. The molecule has 1 amide bonds. The van der Waals surface area contributed by atoms with E-state index in [0.717, 1.165) is 50.2 Å². The smallest absolute Gasteiger partial charge is 0.236 e. The van der Waals surface area contributed by atoms with Crippen LogP contribution in [-0.2, 0) is 9.53 Å². The van der Waals surface area contributed by atoms with Crippen molar-refractivity contribution in [3.05, 3.63) is 24.3 Å². The molecule has 0 spiro atoms. The minimum atomic E-state index is -0.0904. The molecular weight excluding hydrogens is 537 g/mol. The molecule has 3 rings (SSSR count). The molecule has 1 aromatic carbocycles. The summed E-state index contributed by atoms with van der Waals surface area (Å²) in [7, 11) is 1.64. The fourth-order valence-electron chi connectivity index (χ4n) is 3.83. The zero-order valence-corrected chi connectivity index (χ0v) is 22.3. The Bertz CT molecular complexity index is 752. The molecule has 2 aliphatic heterocycles. The van der Waals surface area contributed by atoms with Crippen LogP contribution in [0.4, 0.5) is 0 Å². The largest absolute Gasteiger partial charge is 0.493 e. The van der Waals surface area contributed by atoms with Gasteiger partial charge in [-0.2, -0.15) is 0 Å². The van der Waals surface area contributed by atoms with Crippen molar-refractivity contribution in [1.82, 2.24) is 20.0 Å². The van der Waals surface area contributed by atoms with E-state index in [1.54, 1.807) is 7.11 Å². The predicted molar refractivity (Wildman–Crippen MR) is 140 cm³/mol. The fraction of sp³-hybridized carbons (Fsp3) is 0.652. The molecule has 1 aromatic rings. The SMILES string of the molecule is CCNC(=NCC(C)Oc1ccccc1OC)N1CCN(CC(=O)N2CCOCC2)CC1.I. The van der Waals surface area contributed by atoms with Crippen LogP contribution in [0.3, 0.4) is 0 Å². The molecule has 0 radical (unpaired) electrons. The zero-order chi connectivity index (χ0) is 22.8. The molecular formula is C23H38IN5O4. The minimum Gasteiger partial charge on any atom is -0.493 e. The quantitative estimate of drug-likeness (QED) is 0.286. The first-order valence-corrected chi connectivity index (χ1v) is 11.5. The Morgan fingerprint density at radius 2 is 1.76 bits per heavy atom. The highest BCUT2D eigenvalue weighted by Gasteiger charge is 2.24. The number of methoxy groups -OCH3 is 1. The van der Waals surface area contributed by atoms with Gasteiger partial charge in [-0.25, -0.2) is 4.99 Å². The standard InChI is InChI=1S/C23H37N5O4.HI/c1-4-24-23(25-17-19(2)32-21-8-6-5-7-20(21)30-3)28-11-9-26(10-12-28)18-22(29)27-13-15-31-16-14-27;/h5-8,19H,4,9-18H2,1-3H3,(H,24,25);1H. The highest BCUT2D eigenvalue weighted by Crippen LogP contribution is 2.26. The van der Waals surface area contributed by atoms with Crippen LogP contribution >= 0.6 is 24.0 Å². The van der Waals surface area contributed by atoms with Gasteiger partial charge in [-0.1, -0.05) is 12.1 Å².